The summed E-state index contributed by atoms with van der Waals surface area (Å²) in [5.41, 5.74) is 0.471. The van der Waals surface area contributed by atoms with Crippen molar-refractivity contribution in [3.05, 3.63) is 29.8 Å². The van der Waals surface area contributed by atoms with E-state index in [1.165, 1.54) is 4.90 Å². The predicted octanol–water partition coefficient (Wildman–Crippen LogP) is 2.11. The van der Waals surface area contributed by atoms with E-state index in [4.69, 9.17) is 0 Å². The molecule has 1 saturated heterocycles. The average Bonchev–Trinajstić information content (AvgIpc) is 2.77. The molecule has 3 nitrogen and oxygen atoms in total. The topological polar surface area (TPSA) is 40.5 Å². The Kier molecular flexibility index (Phi) is 3.10. The van der Waals surface area contributed by atoms with Crippen LogP contribution in [0.5, 0.6) is 0 Å². The fourth-order valence-electron chi connectivity index (χ4n) is 2.72. The second-order valence-electron chi connectivity index (χ2n) is 5.85. The molecule has 2 heterocycles. The second kappa shape index (κ2) is 4.53. The largest absolute Gasteiger partial charge is 0.386 e. The quantitative estimate of drug-likeness (QED) is 0.900. The molecular weight excluding hydrogens is 258 g/mol. The molecule has 0 saturated carbocycles. The molecule has 1 unspecified atom stereocenters. The Balaban J connectivity index is 1.71. The predicted molar refractivity (Wildman–Crippen MR) is 76.3 cm³/mol. The van der Waals surface area contributed by atoms with Crippen molar-refractivity contribution in [3.63, 3.8) is 0 Å². The van der Waals surface area contributed by atoms with Gasteiger partial charge in [0, 0.05) is 10.6 Å². The molecule has 0 bridgehead atoms. The Morgan fingerprint density at radius 3 is 2.79 bits per heavy atom. The molecule has 1 amide bonds. The molecule has 4 heteroatoms. The first-order chi connectivity index (χ1) is 9.01. The molecular formula is C15H19NO2S. The zero-order valence-electron chi connectivity index (χ0n) is 11.3. The molecule has 2 aliphatic rings. The Morgan fingerprint density at radius 2 is 2.11 bits per heavy atom. The lowest BCUT2D eigenvalue weighted by Gasteiger charge is -2.49. The van der Waals surface area contributed by atoms with Crippen LogP contribution in [0.3, 0.4) is 0 Å². The minimum absolute atomic E-state index is 0.0297. The van der Waals surface area contributed by atoms with Crippen molar-refractivity contribution >= 4 is 17.7 Å². The summed E-state index contributed by atoms with van der Waals surface area (Å²) in [6.45, 7) is 4.96. The van der Waals surface area contributed by atoms with Crippen LogP contribution in [0.2, 0.25) is 0 Å². The van der Waals surface area contributed by atoms with Crippen molar-refractivity contribution in [2.24, 2.45) is 5.92 Å². The van der Waals surface area contributed by atoms with Gasteiger partial charge in [-0.2, -0.15) is 0 Å². The number of β-amino-alcohol motifs (C(OH)–C–C–N with tert-alkyl or cyclic N) is 1. The zero-order chi connectivity index (χ0) is 13.6. The van der Waals surface area contributed by atoms with Crippen LogP contribution in [0, 0.1) is 5.92 Å². The summed E-state index contributed by atoms with van der Waals surface area (Å²) in [6.07, 6.45) is 0. The summed E-state index contributed by atoms with van der Waals surface area (Å²) in [7, 11) is 0. The molecule has 19 heavy (non-hydrogen) atoms. The SMILES string of the molecule is CC(C)C1(O)CN(C(=O)C2CSc3ccccc32)C1. The third kappa shape index (κ3) is 2.07. The molecule has 102 valence electrons. The highest BCUT2D eigenvalue weighted by Crippen LogP contribution is 2.41. The van der Waals surface area contributed by atoms with Gasteiger partial charge < -0.3 is 10.0 Å². The van der Waals surface area contributed by atoms with Crippen molar-refractivity contribution in [3.8, 4) is 0 Å². The summed E-state index contributed by atoms with van der Waals surface area (Å²) < 4.78 is 0. The van der Waals surface area contributed by atoms with E-state index in [2.05, 4.69) is 6.07 Å². The molecule has 1 fully saturated rings. The van der Waals surface area contributed by atoms with Crippen LogP contribution < -0.4 is 0 Å². The van der Waals surface area contributed by atoms with Gasteiger partial charge in [0.1, 0.15) is 5.60 Å². The highest BCUT2D eigenvalue weighted by atomic mass is 32.2. The maximum absolute atomic E-state index is 12.5. The van der Waals surface area contributed by atoms with Crippen molar-refractivity contribution < 1.29 is 9.90 Å². The summed E-state index contributed by atoms with van der Waals surface area (Å²) in [6, 6.07) is 8.13. The smallest absolute Gasteiger partial charge is 0.231 e. The Labute approximate surface area is 118 Å². The lowest BCUT2D eigenvalue weighted by Crippen LogP contribution is -2.66. The van der Waals surface area contributed by atoms with Gasteiger partial charge in [0.25, 0.3) is 0 Å². The number of aliphatic hydroxyl groups is 1. The van der Waals surface area contributed by atoms with Crippen LogP contribution in [-0.4, -0.2) is 40.4 Å². The fraction of sp³-hybridized carbons (Fsp3) is 0.533. The number of fused-ring (bicyclic) bond motifs is 1. The first-order valence-corrected chi connectivity index (χ1v) is 7.73. The molecule has 1 aromatic carbocycles. The number of likely N-dealkylation sites (tertiary alicyclic amines) is 1. The third-order valence-corrected chi connectivity index (χ3v) is 5.50. The monoisotopic (exact) mass is 277 g/mol. The molecule has 2 aliphatic heterocycles. The molecule has 0 aromatic heterocycles. The average molecular weight is 277 g/mol. The number of amides is 1. The summed E-state index contributed by atoms with van der Waals surface area (Å²) in [4.78, 5) is 15.5. The van der Waals surface area contributed by atoms with Crippen LogP contribution in [-0.2, 0) is 4.79 Å². The van der Waals surface area contributed by atoms with E-state index in [0.29, 0.717) is 13.1 Å². The van der Waals surface area contributed by atoms with E-state index >= 15 is 0 Å². The second-order valence-corrected chi connectivity index (χ2v) is 6.92. The summed E-state index contributed by atoms with van der Waals surface area (Å²) >= 11 is 1.75. The number of rotatable bonds is 2. The number of hydrogen-bond donors (Lipinski definition) is 1. The lowest BCUT2D eigenvalue weighted by atomic mass is 9.82. The van der Waals surface area contributed by atoms with E-state index in [1.807, 2.05) is 32.0 Å². The van der Waals surface area contributed by atoms with Crippen LogP contribution in [0.25, 0.3) is 0 Å². The normalized spacial score (nSPS) is 24.2. The Bertz CT molecular complexity index is 509. The number of thioether (sulfide) groups is 1. The molecule has 3 rings (SSSR count). The van der Waals surface area contributed by atoms with Crippen molar-refractivity contribution in [1.29, 1.82) is 0 Å². The first-order valence-electron chi connectivity index (χ1n) is 6.74. The zero-order valence-corrected chi connectivity index (χ0v) is 12.1. The Hall–Kier alpha value is -1.00. The van der Waals surface area contributed by atoms with E-state index in [0.717, 1.165) is 11.3 Å². The van der Waals surface area contributed by atoms with Crippen LogP contribution in [0.15, 0.2) is 29.2 Å². The van der Waals surface area contributed by atoms with Gasteiger partial charge in [-0.3, -0.25) is 4.79 Å². The minimum atomic E-state index is -0.680. The maximum Gasteiger partial charge on any atom is 0.231 e. The number of carbonyl (C=O) groups is 1. The number of hydrogen-bond acceptors (Lipinski definition) is 3. The van der Waals surface area contributed by atoms with E-state index in [-0.39, 0.29) is 17.7 Å². The van der Waals surface area contributed by atoms with Crippen molar-refractivity contribution in [2.75, 3.05) is 18.8 Å². The first kappa shape index (κ1) is 13.0. The van der Waals surface area contributed by atoms with Crippen molar-refractivity contribution in [2.45, 2.75) is 30.3 Å². The van der Waals surface area contributed by atoms with Crippen LogP contribution >= 0.6 is 11.8 Å². The van der Waals surface area contributed by atoms with Crippen LogP contribution in [0.1, 0.15) is 25.3 Å². The van der Waals surface area contributed by atoms with E-state index in [1.54, 1.807) is 16.7 Å². The highest BCUT2D eigenvalue weighted by molar-refractivity contribution is 7.99. The van der Waals surface area contributed by atoms with Crippen molar-refractivity contribution in [1.82, 2.24) is 4.90 Å². The van der Waals surface area contributed by atoms with Gasteiger partial charge in [-0.15, -0.1) is 11.8 Å². The van der Waals surface area contributed by atoms with Gasteiger partial charge in [-0.05, 0) is 17.5 Å². The Morgan fingerprint density at radius 1 is 1.42 bits per heavy atom. The summed E-state index contributed by atoms with van der Waals surface area (Å²) in [5, 5.41) is 10.2. The maximum atomic E-state index is 12.5. The number of nitrogens with zero attached hydrogens (tertiary/aromatic N) is 1. The standard InChI is InChI=1S/C15H19NO2S/c1-10(2)15(18)8-16(9-15)14(17)12-7-19-13-6-4-3-5-11(12)13/h3-6,10,12,18H,7-9H2,1-2H3. The van der Waals surface area contributed by atoms with Gasteiger partial charge in [-0.25, -0.2) is 0 Å². The van der Waals surface area contributed by atoms with Gasteiger partial charge in [-0.1, -0.05) is 32.0 Å². The van der Waals surface area contributed by atoms with E-state index < -0.39 is 5.60 Å². The van der Waals surface area contributed by atoms with E-state index in [9.17, 15) is 9.90 Å². The molecule has 1 aromatic rings. The number of benzene rings is 1. The van der Waals surface area contributed by atoms with Gasteiger partial charge >= 0.3 is 0 Å². The van der Waals surface area contributed by atoms with Crippen LogP contribution in [0.4, 0.5) is 0 Å². The fourth-order valence-corrected chi connectivity index (χ4v) is 3.94. The van der Waals surface area contributed by atoms with Gasteiger partial charge in [0.2, 0.25) is 5.91 Å². The molecule has 0 spiro atoms. The highest BCUT2D eigenvalue weighted by Gasteiger charge is 2.47. The summed E-state index contributed by atoms with van der Waals surface area (Å²) in [5.74, 6) is 1.16. The third-order valence-electron chi connectivity index (χ3n) is 4.31. The molecule has 1 atom stereocenters. The van der Waals surface area contributed by atoms with Gasteiger partial charge in [0.15, 0.2) is 0 Å². The van der Waals surface area contributed by atoms with Gasteiger partial charge in [0.05, 0.1) is 19.0 Å². The molecule has 0 radical (unpaired) electrons. The number of carbonyl (C=O) groups excluding carboxylic acids is 1. The molecule has 1 N–H and O–H groups in total. The lowest BCUT2D eigenvalue weighted by molar-refractivity contribution is -0.164. The molecule has 0 aliphatic carbocycles. The minimum Gasteiger partial charge on any atom is -0.386 e.